The van der Waals surface area contributed by atoms with Crippen LogP contribution in [0.2, 0.25) is 0 Å². The van der Waals surface area contributed by atoms with Crippen molar-refractivity contribution in [3.05, 3.63) is 65.9 Å². The third kappa shape index (κ3) is 3.44. The molecule has 29 heavy (non-hydrogen) atoms. The molecule has 1 aromatic heterocycles. The number of amides is 1. The van der Waals surface area contributed by atoms with E-state index in [1.165, 1.54) is 19.3 Å². The SMILES string of the molecule is Cc1ccc2c(c1)NC(=O)c1cc(-c3ccnc(N4CCCCC4)c3)ccc1O2. The van der Waals surface area contributed by atoms with Crippen LogP contribution in [0.5, 0.6) is 11.5 Å². The molecular formula is C24H23N3O2. The van der Waals surface area contributed by atoms with Gasteiger partial charge < -0.3 is 15.0 Å². The minimum absolute atomic E-state index is 0.156. The Morgan fingerprint density at radius 3 is 2.59 bits per heavy atom. The van der Waals surface area contributed by atoms with Crippen LogP contribution in [0.1, 0.15) is 35.2 Å². The van der Waals surface area contributed by atoms with Crippen LogP contribution in [-0.2, 0) is 0 Å². The standard InChI is InChI=1S/C24H23N3O2/c1-16-5-7-22-20(13-16)26-24(28)19-14-17(6-8-21(19)29-22)18-9-10-25-23(15-18)27-11-3-2-4-12-27/h5-10,13-15H,2-4,11-12H2,1H3,(H,26,28). The van der Waals surface area contributed by atoms with Gasteiger partial charge in [0.1, 0.15) is 11.6 Å². The Morgan fingerprint density at radius 1 is 0.931 bits per heavy atom. The molecule has 0 atom stereocenters. The number of nitrogens with one attached hydrogen (secondary N) is 1. The van der Waals surface area contributed by atoms with E-state index in [9.17, 15) is 4.79 Å². The Bertz CT molecular complexity index is 1090. The van der Waals surface area contributed by atoms with Gasteiger partial charge in [0.15, 0.2) is 5.75 Å². The third-order valence-electron chi connectivity index (χ3n) is 5.59. The number of carbonyl (C=O) groups excluding carboxylic acids is 1. The Morgan fingerprint density at radius 2 is 1.72 bits per heavy atom. The summed E-state index contributed by atoms with van der Waals surface area (Å²) in [6.07, 6.45) is 5.56. The van der Waals surface area contributed by atoms with E-state index in [1.54, 1.807) is 0 Å². The molecule has 3 heterocycles. The number of rotatable bonds is 2. The van der Waals surface area contributed by atoms with Gasteiger partial charge in [0.25, 0.3) is 5.91 Å². The number of ether oxygens (including phenoxy) is 1. The van der Waals surface area contributed by atoms with Gasteiger partial charge in [-0.05, 0) is 79.3 Å². The molecule has 2 aliphatic heterocycles. The molecule has 0 aliphatic carbocycles. The van der Waals surface area contributed by atoms with Crippen LogP contribution in [0.4, 0.5) is 11.5 Å². The van der Waals surface area contributed by atoms with Crippen molar-refractivity contribution in [1.29, 1.82) is 0 Å². The maximum Gasteiger partial charge on any atom is 0.259 e. The van der Waals surface area contributed by atoms with E-state index in [0.29, 0.717) is 22.7 Å². The lowest BCUT2D eigenvalue weighted by molar-refractivity contribution is 0.102. The van der Waals surface area contributed by atoms with Crippen molar-refractivity contribution in [2.24, 2.45) is 0 Å². The maximum absolute atomic E-state index is 12.9. The van der Waals surface area contributed by atoms with Crippen molar-refractivity contribution < 1.29 is 9.53 Å². The summed E-state index contributed by atoms with van der Waals surface area (Å²) in [5.41, 5.74) is 4.33. The van der Waals surface area contributed by atoms with Gasteiger partial charge in [-0.15, -0.1) is 0 Å². The van der Waals surface area contributed by atoms with Crippen LogP contribution in [0.3, 0.4) is 0 Å². The Labute approximate surface area is 170 Å². The zero-order valence-corrected chi connectivity index (χ0v) is 16.4. The Hall–Kier alpha value is -3.34. The lowest BCUT2D eigenvalue weighted by Crippen LogP contribution is -2.30. The van der Waals surface area contributed by atoms with E-state index < -0.39 is 0 Å². The average Bonchev–Trinajstić information content (AvgIpc) is 2.89. The summed E-state index contributed by atoms with van der Waals surface area (Å²) in [4.78, 5) is 19.8. The zero-order chi connectivity index (χ0) is 19.8. The highest BCUT2D eigenvalue weighted by molar-refractivity contribution is 6.08. The van der Waals surface area contributed by atoms with E-state index >= 15 is 0 Å². The van der Waals surface area contributed by atoms with Gasteiger partial charge in [-0.25, -0.2) is 4.98 Å². The smallest absolute Gasteiger partial charge is 0.259 e. The molecular weight excluding hydrogens is 362 g/mol. The topological polar surface area (TPSA) is 54.5 Å². The monoisotopic (exact) mass is 385 g/mol. The van der Waals surface area contributed by atoms with Crippen molar-refractivity contribution in [1.82, 2.24) is 4.98 Å². The number of fused-ring (bicyclic) bond motifs is 2. The van der Waals surface area contributed by atoms with Crippen LogP contribution in [0.15, 0.2) is 54.7 Å². The molecule has 0 bridgehead atoms. The van der Waals surface area contributed by atoms with E-state index in [1.807, 2.05) is 55.6 Å². The summed E-state index contributed by atoms with van der Waals surface area (Å²) < 4.78 is 6.03. The lowest BCUT2D eigenvalue weighted by atomic mass is 10.0. The summed E-state index contributed by atoms with van der Waals surface area (Å²) in [6, 6.07) is 15.7. The summed E-state index contributed by atoms with van der Waals surface area (Å²) in [7, 11) is 0. The third-order valence-corrected chi connectivity index (χ3v) is 5.59. The van der Waals surface area contributed by atoms with E-state index in [4.69, 9.17) is 4.74 Å². The summed E-state index contributed by atoms with van der Waals surface area (Å²) in [6.45, 7) is 4.09. The van der Waals surface area contributed by atoms with Gasteiger partial charge in [-0.2, -0.15) is 0 Å². The molecule has 1 fully saturated rings. The first-order chi connectivity index (χ1) is 14.2. The molecule has 2 aromatic carbocycles. The zero-order valence-electron chi connectivity index (χ0n) is 16.4. The van der Waals surface area contributed by atoms with E-state index in [-0.39, 0.29) is 5.91 Å². The van der Waals surface area contributed by atoms with E-state index in [0.717, 1.165) is 35.6 Å². The molecule has 146 valence electrons. The highest BCUT2D eigenvalue weighted by Gasteiger charge is 2.22. The number of benzene rings is 2. The maximum atomic E-state index is 12.9. The van der Waals surface area contributed by atoms with Gasteiger partial charge >= 0.3 is 0 Å². The minimum atomic E-state index is -0.156. The second-order valence-electron chi connectivity index (χ2n) is 7.72. The first-order valence-corrected chi connectivity index (χ1v) is 10.1. The normalized spacial score (nSPS) is 15.6. The summed E-state index contributed by atoms with van der Waals surface area (Å²) in [5, 5.41) is 2.98. The first kappa shape index (κ1) is 17.7. The lowest BCUT2D eigenvalue weighted by Gasteiger charge is -2.28. The largest absolute Gasteiger partial charge is 0.454 e. The van der Waals surface area contributed by atoms with Crippen LogP contribution >= 0.6 is 0 Å². The van der Waals surface area contributed by atoms with Crippen LogP contribution in [0.25, 0.3) is 11.1 Å². The highest BCUT2D eigenvalue weighted by atomic mass is 16.5. The van der Waals surface area contributed by atoms with Crippen molar-refractivity contribution in [2.75, 3.05) is 23.3 Å². The van der Waals surface area contributed by atoms with Crippen molar-refractivity contribution in [3.63, 3.8) is 0 Å². The number of anilines is 2. The quantitative estimate of drug-likeness (QED) is 0.641. The molecule has 1 N–H and O–H groups in total. The molecule has 1 amide bonds. The fraction of sp³-hybridized carbons (Fsp3) is 0.250. The average molecular weight is 385 g/mol. The second kappa shape index (κ2) is 7.24. The fourth-order valence-corrected chi connectivity index (χ4v) is 4.01. The molecule has 0 spiro atoms. The molecule has 5 heteroatoms. The molecule has 2 aliphatic rings. The number of hydrogen-bond donors (Lipinski definition) is 1. The number of pyridine rings is 1. The van der Waals surface area contributed by atoms with Gasteiger partial charge in [0.05, 0.1) is 11.3 Å². The summed E-state index contributed by atoms with van der Waals surface area (Å²) in [5.74, 6) is 2.07. The number of hydrogen-bond acceptors (Lipinski definition) is 4. The number of nitrogens with zero attached hydrogens (tertiary/aromatic N) is 2. The predicted octanol–water partition coefficient (Wildman–Crippen LogP) is 5.41. The molecule has 3 aromatic rings. The van der Waals surface area contributed by atoms with Crippen molar-refractivity contribution >= 4 is 17.4 Å². The van der Waals surface area contributed by atoms with Gasteiger partial charge in [0, 0.05) is 19.3 Å². The van der Waals surface area contributed by atoms with Crippen molar-refractivity contribution in [3.8, 4) is 22.6 Å². The van der Waals surface area contributed by atoms with Gasteiger partial charge in [0.2, 0.25) is 0 Å². The molecule has 5 rings (SSSR count). The fourth-order valence-electron chi connectivity index (χ4n) is 4.01. The second-order valence-corrected chi connectivity index (χ2v) is 7.72. The van der Waals surface area contributed by atoms with Crippen LogP contribution in [0, 0.1) is 6.92 Å². The predicted molar refractivity (Wildman–Crippen MR) is 115 cm³/mol. The number of aromatic nitrogens is 1. The first-order valence-electron chi connectivity index (χ1n) is 10.1. The molecule has 0 radical (unpaired) electrons. The molecule has 0 unspecified atom stereocenters. The van der Waals surface area contributed by atoms with Crippen molar-refractivity contribution in [2.45, 2.75) is 26.2 Å². The number of aryl methyl sites for hydroxylation is 1. The molecule has 0 saturated carbocycles. The Kier molecular flexibility index (Phi) is 4.43. The minimum Gasteiger partial charge on any atom is -0.454 e. The van der Waals surface area contributed by atoms with Crippen LogP contribution in [-0.4, -0.2) is 24.0 Å². The van der Waals surface area contributed by atoms with Gasteiger partial charge in [-0.3, -0.25) is 4.79 Å². The highest BCUT2D eigenvalue weighted by Crippen LogP contribution is 2.38. The molecule has 1 saturated heterocycles. The number of carbonyl (C=O) groups is 1. The Balaban J connectivity index is 1.49. The van der Waals surface area contributed by atoms with Crippen LogP contribution < -0.4 is 15.0 Å². The summed E-state index contributed by atoms with van der Waals surface area (Å²) >= 11 is 0. The van der Waals surface area contributed by atoms with E-state index in [2.05, 4.69) is 21.3 Å². The molecule has 5 nitrogen and oxygen atoms in total. The van der Waals surface area contributed by atoms with Gasteiger partial charge in [-0.1, -0.05) is 12.1 Å². The number of piperidine rings is 1.